The first-order chi connectivity index (χ1) is 11.1. The largest absolute Gasteiger partial charge is 0.323 e. The van der Waals surface area contributed by atoms with Crippen LogP contribution in [0, 0.1) is 4.77 Å². The van der Waals surface area contributed by atoms with E-state index in [2.05, 4.69) is 20.2 Å². The zero-order valence-electron chi connectivity index (χ0n) is 12.1. The molecule has 0 saturated carbocycles. The lowest BCUT2D eigenvalue weighted by molar-refractivity contribution is 0.919. The van der Waals surface area contributed by atoms with Crippen molar-refractivity contribution in [3.05, 3.63) is 52.4 Å². The summed E-state index contributed by atoms with van der Waals surface area (Å²) in [4.78, 5) is 8.86. The van der Waals surface area contributed by atoms with Gasteiger partial charge in [0.05, 0.1) is 11.2 Å². The minimum atomic E-state index is 0.488. The molecule has 6 nitrogen and oxygen atoms in total. The summed E-state index contributed by atoms with van der Waals surface area (Å²) in [5.74, 6) is 1.30. The molecule has 4 aromatic rings. The first-order valence-corrected chi connectivity index (χ1v) is 7.65. The second kappa shape index (κ2) is 5.29. The maximum Gasteiger partial charge on any atom is 0.203 e. The Morgan fingerprint density at radius 2 is 1.91 bits per heavy atom. The van der Waals surface area contributed by atoms with Gasteiger partial charge in [0.2, 0.25) is 5.82 Å². The molecule has 0 atom stereocenters. The summed E-state index contributed by atoms with van der Waals surface area (Å²) in [5, 5.41) is 7.84. The predicted octanol–water partition coefficient (Wildman–Crippen LogP) is 3.53. The van der Waals surface area contributed by atoms with E-state index in [1.54, 1.807) is 6.20 Å². The normalized spacial score (nSPS) is 11.2. The van der Waals surface area contributed by atoms with Crippen molar-refractivity contribution in [1.29, 1.82) is 0 Å². The molecule has 4 rings (SSSR count). The van der Waals surface area contributed by atoms with Crippen LogP contribution in [0.1, 0.15) is 0 Å². The monoisotopic (exact) mass is 342 g/mol. The quantitative estimate of drug-likeness (QED) is 0.566. The average Bonchev–Trinajstić information content (AvgIpc) is 3.09. The van der Waals surface area contributed by atoms with E-state index < -0.39 is 0 Å². The average molecular weight is 343 g/mol. The first kappa shape index (κ1) is 14.1. The number of nitrogens with one attached hydrogen (secondary N) is 1. The maximum absolute atomic E-state index is 5.96. The molecule has 0 fully saturated rings. The topological polar surface area (TPSA) is 64.3 Å². The van der Waals surface area contributed by atoms with Crippen molar-refractivity contribution >= 4 is 35.0 Å². The Kier molecular flexibility index (Phi) is 3.24. The second-order valence-corrected chi connectivity index (χ2v) is 5.83. The molecule has 8 heteroatoms. The number of rotatable bonds is 2. The molecular formula is C15H11ClN6S. The first-order valence-electron chi connectivity index (χ1n) is 6.86. The Balaban J connectivity index is 1.98. The van der Waals surface area contributed by atoms with Crippen LogP contribution in [0.5, 0.6) is 0 Å². The molecule has 3 aromatic heterocycles. The second-order valence-electron chi connectivity index (χ2n) is 5.00. The lowest BCUT2D eigenvalue weighted by Gasteiger charge is -2.07. The van der Waals surface area contributed by atoms with Crippen LogP contribution in [0.2, 0.25) is 5.02 Å². The third kappa shape index (κ3) is 2.25. The van der Waals surface area contributed by atoms with Crippen molar-refractivity contribution in [3.8, 4) is 17.3 Å². The number of aryl methyl sites for hydroxylation is 1. The molecule has 0 radical (unpaired) electrons. The number of aromatic nitrogens is 6. The molecule has 0 bridgehead atoms. The van der Waals surface area contributed by atoms with Crippen LogP contribution >= 0.6 is 23.8 Å². The fraction of sp³-hybridized carbons (Fsp3) is 0.0667. The van der Waals surface area contributed by atoms with Gasteiger partial charge in [-0.05, 0) is 48.6 Å². The van der Waals surface area contributed by atoms with Gasteiger partial charge >= 0.3 is 0 Å². The van der Waals surface area contributed by atoms with E-state index in [1.165, 1.54) is 0 Å². The lowest BCUT2D eigenvalue weighted by Crippen LogP contribution is -2.02. The summed E-state index contributed by atoms with van der Waals surface area (Å²) in [6, 6.07) is 11.2. The SMILES string of the molecule is Cn1c(-c2n[nH]c(=S)n2-c2ccc(Cl)cc2)nc2ncccc21. The van der Waals surface area contributed by atoms with Crippen molar-refractivity contribution in [2.45, 2.75) is 0 Å². The van der Waals surface area contributed by atoms with Gasteiger partial charge in [0, 0.05) is 18.3 Å². The molecule has 23 heavy (non-hydrogen) atoms. The number of hydrogen-bond acceptors (Lipinski definition) is 4. The van der Waals surface area contributed by atoms with Crippen LogP contribution in [-0.2, 0) is 7.05 Å². The van der Waals surface area contributed by atoms with Crippen LogP contribution < -0.4 is 0 Å². The number of hydrogen-bond donors (Lipinski definition) is 1. The van der Waals surface area contributed by atoms with Gasteiger partial charge in [-0.25, -0.2) is 9.97 Å². The zero-order valence-corrected chi connectivity index (χ0v) is 13.6. The number of fused-ring (bicyclic) bond motifs is 1. The molecular weight excluding hydrogens is 332 g/mol. The van der Waals surface area contributed by atoms with E-state index in [-0.39, 0.29) is 0 Å². The fourth-order valence-corrected chi connectivity index (χ4v) is 2.87. The summed E-state index contributed by atoms with van der Waals surface area (Å²) in [6.45, 7) is 0. The Bertz CT molecular complexity index is 1060. The van der Waals surface area contributed by atoms with E-state index in [9.17, 15) is 0 Å². The van der Waals surface area contributed by atoms with E-state index in [1.807, 2.05) is 52.6 Å². The van der Waals surface area contributed by atoms with Gasteiger partial charge in [0.25, 0.3) is 0 Å². The minimum Gasteiger partial charge on any atom is -0.323 e. The molecule has 114 valence electrons. The number of nitrogens with zero attached hydrogens (tertiary/aromatic N) is 5. The molecule has 1 aromatic carbocycles. The van der Waals surface area contributed by atoms with Gasteiger partial charge in [0.15, 0.2) is 16.2 Å². The molecule has 0 aliphatic carbocycles. The standard InChI is InChI=1S/C15H11ClN6S/c1-21-11-3-2-8-17-12(11)18-13(21)14-19-20-15(23)22(14)10-6-4-9(16)5-7-10/h2-8H,1H3,(H,20,23). The molecule has 0 spiro atoms. The highest BCUT2D eigenvalue weighted by molar-refractivity contribution is 7.71. The summed E-state index contributed by atoms with van der Waals surface area (Å²) in [5.41, 5.74) is 2.46. The lowest BCUT2D eigenvalue weighted by atomic mass is 10.3. The molecule has 0 saturated heterocycles. The highest BCUT2D eigenvalue weighted by Crippen LogP contribution is 2.24. The Labute approximate surface area is 141 Å². The van der Waals surface area contributed by atoms with Crippen LogP contribution in [0.25, 0.3) is 28.5 Å². The third-order valence-electron chi connectivity index (χ3n) is 3.61. The molecule has 0 amide bonds. The number of H-pyrrole nitrogens is 1. The molecule has 0 unspecified atom stereocenters. The molecule has 0 aliphatic rings. The molecule has 0 aliphatic heterocycles. The van der Waals surface area contributed by atoms with E-state index in [4.69, 9.17) is 23.8 Å². The van der Waals surface area contributed by atoms with E-state index in [0.717, 1.165) is 11.2 Å². The fourth-order valence-electron chi connectivity index (χ4n) is 2.50. The van der Waals surface area contributed by atoms with Crippen molar-refractivity contribution in [1.82, 2.24) is 29.3 Å². The Hall–Kier alpha value is -2.51. The van der Waals surface area contributed by atoms with Gasteiger partial charge < -0.3 is 4.57 Å². The van der Waals surface area contributed by atoms with E-state index >= 15 is 0 Å². The summed E-state index contributed by atoms with van der Waals surface area (Å²) >= 11 is 11.3. The Morgan fingerprint density at radius 1 is 1.13 bits per heavy atom. The number of imidazole rings is 1. The van der Waals surface area contributed by atoms with Crippen molar-refractivity contribution in [2.75, 3.05) is 0 Å². The van der Waals surface area contributed by atoms with Crippen molar-refractivity contribution < 1.29 is 0 Å². The highest BCUT2D eigenvalue weighted by Gasteiger charge is 2.17. The van der Waals surface area contributed by atoms with E-state index in [0.29, 0.717) is 27.1 Å². The highest BCUT2D eigenvalue weighted by atomic mass is 35.5. The predicted molar refractivity (Wildman–Crippen MR) is 91.3 cm³/mol. The summed E-state index contributed by atoms with van der Waals surface area (Å²) < 4.78 is 4.26. The Morgan fingerprint density at radius 3 is 2.65 bits per heavy atom. The van der Waals surface area contributed by atoms with Crippen LogP contribution in [0.15, 0.2) is 42.6 Å². The van der Waals surface area contributed by atoms with Gasteiger partial charge in [-0.2, -0.15) is 5.10 Å². The number of halogens is 1. The van der Waals surface area contributed by atoms with Crippen LogP contribution in [0.3, 0.4) is 0 Å². The van der Waals surface area contributed by atoms with Crippen molar-refractivity contribution in [3.63, 3.8) is 0 Å². The minimum absolute atomic E-state index is 0.488. The molecule has 1 N–H and O–H groups in total. The summed E-state index contributed by atoms with van der Waals surface area (Å²) in [7, 11) is 1.93. The summed E-state index contributed by atoms with van der Waals surface area (Å²) in [6.07, 6.45) is 1.72. The van der Waals surface area contributed by atoms with Crippen LogP contribution in [-0.4, -0.2) is 29.3 Å². The van der Waals surface area contributed by atoms with Gasteiger partial charge in [-0.3, -0.25) is 9.67 Å². The molecule has 3 heterocycles. The zero-order chi connectivity index (χ0) is 16.0. The maximum atomic E-state index is 5.96. The van der Waals surface area contributed by atoms with Gasteiger partial charge in [-0.1, -0.05) is 11.6 Å². The third-order valence-corrected chi connectivity index (χ3v) is 4.14. The number of aromatic amines is 1. The van der Waals surface area contributed by atoms with Gasteiger partial charge in [0.1, 0.15) is 0 Å². The number of pyridine rings is 1. The van der Waals surface area contributed by atoms with Gasteiger partial charge in [-0.15, -0.1) is 0 Å². The smallest absolute Gasteiger partial charge is 0.203 e. The van der Waals surface area contributed by atoms with Crippen molar-refractivity contribution in [2.24, 2.45) is 7.05 Å². The van der Waals surface area contributed by atoms with Crippen LogP contribution in [0.4, 0.5) is 0 Å². The number of benzene rings is 1.